The van der Waals surface area contributed by atoms with Crippen LogP contribution in [0.2, 0.25) is 0 Å². The molecule has 0 saturated heterocycles. The SMILES string of the molecule is CC(CNC(=O)C(C)(N)c1ccccc1)Cn1cccn1.Cl. The highest BCUT2D eigenvalue weighted by atomic mass is 35.5. The summed E-state index contributed by atoms with van der Waals surface area (Å²) < 4.78 is 1.86. The third kappa shape index (κ3) is 4.58. The molecular weight excluding hydrogens is 300 g/mol. The lowest BCUT2D eigenvalue weighted by atomic mass is 9.92. The van der Waals surface area contributed by atoms with Crippen LogP contribution >= 0.6 is 12.4 Å². The second-order valence-electron chi connectivity index (χ2n) is 5.61. The van der Waals surface area contributed by atoms with Gasteiger partial charge in [0, 0.05) is 25.5 Å². The molecule has 0 saturated carbocycles. The van der Waals surface area contributed by atoms with E-state index in [1.54, 1.807) is 13.1 Å². The third-order valence-electron chi connectivity index (χ3n) is 3.51. The molecular formula is C16H23ClN4O. The molecule has 2 aromatic rings. The maximum Gasteiger partial charge on any atom is 0.244 e. The molecule has 1 aromatic heterocycles. The Hall–Kier alpha value is -1.85. The first-order chi connectivity index (χ1) is 10.00. The van der Waals surface area contributed by atoms with Crippen LogP contribution in [0.4, 0.5) is 0 Å². The van der Waals surface area contributed by atoms with E-state index in [1.807, 2.05) is 47.3 Å². The molecule has 6 heteroatoms. The number of hydrogen-bond acceptors (Lipinski definition) is 3. The highest BCUT2D eigenvalue weighted by molar-refractivity contribution is 5.87. The number of nitrogens with one attached hydrogen (secondary N) is 1. The summed E-state index contributed by atoms with van der Waals surface area (Å²) in [7, 11) is 0. The predicted octanol–water partition coefficient (Wildman–Crippen LogP) is 1.93. The second kappa shape index (κ2) is 7.96. The number of carbonyl (C=O) groups excluding carboxylic acids is 1. The van der Waals surface area contributed by atoms with E-state index in [-0.39, 0.29) is 24.2 Å². The monoisotopic (exact) mass is 322 g/mol. The highest BCUT2D eigenvalue weighted by Gasteiger charge is 2.30. The van der Waals surface area contributed by atoms with Gasteiger partial charge in [-0.15, -0.1) is 12.4 Å². The molecule has 0 bridgehead atoms. The van der Waals surface area contributed by atoms with Crippen molar-refractivity contribution in [2.75, 3.05) is 6.54 Å². The third-order valence-corrected chi connectivity index (χ3v) is 3.51. The van der Waals surface area contributed by atoms with Crippen LogP contribution in [-0.4, -0.2) is 22.2 Å². The zero-order valence-electron chi connectivity index (χ0n) is 12.9. The Kier molecular flexibility index (Phi) is 6.59. The molecule has 2 rings (SSSR count). The second-order valence-corrected chi connectivity index (χ2v) is 5.61. The van der Waals surface area contributed by atoms with Crippen molar-refractivity contribution < 1.29 is 4.79 Å². The Morgan fingerprint density at radius 2 is 2.05 bits per heavy atom. The number of nitrogens with two attached hydrogens (primary N) is 1. The fraction of sp³-hybridized carbons (Fsp3) is 0.375. The van der Waals surface area contributed by atoms with Crippen LogP contribution in [0.25, 0.3) is 0 Å². The molecule has 0 radical (unpaired) electrons. The van der Waals surface area contributed by atoms with E-state index < -0.39 is 5.54 Å². The molecule has 2 unspecified atom stereocenters. The molecule has 0 fully saturated rings. The van der Waals surface area contributed by atoms with Crippen molar-refractivity contribution >= 4 is 18.3 Å². The van der Waals surface area contributed by atoms with Gasteiger partial charge in [0.2, 0.25) is 5.91 Å². The highest BCUT2D eigenvalue weighted by Crippen LogP contribution is 2.17. The number of benzene rings is 1. The molecule has 5 nitrogen and oxygen atoms in total. The van der Waals surface area contributed by atoms with Gasteiger partial charge in [-0.25, -0.2) is 0 Å². The first-order valence-corrected chi connectivity index (χ1v) is 7.10. The Labute approximate surface area is 137 Å². The topological polar surface area (TPSA) is 72.9 Å². The molecule has 0 spiro atoms. The normalized spacial score (nSPS) is 14.5. The smallest absolute Gasteiger partial charge is 0.244 e. The van der Waals surface area contributed by atoms with Gasteiger partial charge in [-0.2, -0.15) is 5.10 Å². The average Bonchev–Trinajstić information content (AvgIpc) is 2.98. The molecule has 1 amide bonds. The summed E-state index contributed by atoms with van der Waals surface area (Å²) in [6.07, 6.45) is 3.66. The molecule has 1 aromatic carbocycles. The summed E-state index contributed by atoms with van der Waals surface area (Å²) in [5, 5.41) is 7.09. The van der Waals surface area contributed by atoms with Gasteiger partial charge in [0.1, 0.15) is 5.54 Å². The van der Waals surface area contributed by atoms with Crippen molar-refractivity contribution in [3.8, 4) is 0 Å². The molecule has 1 heterocycles. The lowest BCUT2D eigenvalue weighted by Gasteiger charge is -2.25. The van der Waals surface area contributed by atoms with Gasteiger partial charge in [0.25, 0.3) is 0 Å². The fourth-order valence-corrected chi connectivity index (χ4v) is 2.16. The minimum atomic E-state index is -1.02. The van der Waals surface area contributed by atoms with Crippen LogP contribution in [0.3, 0.4) is 0 Å². The van der Waals surface area contributed by atoms with Gasteiger partial charge in [-0.1, -0.05) is 37.3 Å². The largest absolute Gasteiger partial charge is 0.354 e. The van der Waals surface area contributed by atoms with Crippen molar-refractivity contribution in [1.29, 1.82) is 0 Å². The van der Waals surface area contributed by atoms with Gasteiger partial charge in [-0.3, -0.25) is 9.48 Å². The van der Waals surface area contributed by atoms with Crippen molar-refractivity contribution in [2.24, 2.45) is 11.7 Å². The van der Waals surface area contributed by atoms with E-state index in [2.05, 4.69) is 17.3 Å². The quantitative estimate of drug-likeness (QED) is 0.853. The summed E-state index contributed by atoms with van der Waals surface area (Å²) >= 11 is 0. The lowest BCUT2D eigenvalue weighted by Crippen LogP contribution is -2.50. The van der Waals surface area contributed by atoms with Crippen LogP contribution in [0, 0.1) is 5.92 Å². The van der Waals surface area contributed by atoms with Gasteiger partial charge < -0.3 is 11.1 Å². The van der Waals surface area contributed by atoms with E-state index in [4.69, 9.17) is 5.73 Å². The van der Waals surface area contributed by atoms with Crippen molar-refractivity contribution in [1.82, 2.24) is 15.1 Å². The molecule has 2 atom stereocenters. The standard InChI is InChI=1S/C16H22N4O.ClH/c1-13(12-20-10-6-9-19-20)11-18-15(21)16(2,17)14-7-4-3-5-8-14;/h3-10,13H,11-12,17H2,1-2H3,(H,18,21);1H. The number of aromatic nitrogens is 2. The number of nitrogens with zero attached hydrogens (tertiary/aromatic N) is 2. The van der Waals surface area contributed by atoms with Gasteiger partial charge in [0.15, 0.2) is 0 Å². The van der Waals surface area contributed by atoms with Crippen LogP contribution in [0.5, 0.6) is 0 Å². The first kappa shape index (κ1) is 18.2. The van der Waals surface area contributed by atoms with Crippen LogP contribution in [0.1, 0.15) is 19.4 Å². The molecule has 120 valence electrons. The summed E-state index contributed by atoms with van der Waals surface area (Å²) in [5.74, 6) is 0.112. The number of carbonyl (C=O) groups is 1. The summed E-state index contributed by atoms with van der Waals surface area (Å²) in [5.41, 5.74) is 5.96. The molecule has 0 aliphatic heterocycles. The zero-order valence-corrected chi connectivity index (χ0v) is 13.7. The first-order valence-electron chi connectivity index (χ1n) is 7.10. The summed E-state index contributed by atoms with van der Waals surface area (Å²) in [4.78, 5) is 12.3. The van der Waals surface area contributed by atoms with Crippen molar-refractivity contribution in [3.63, 3.8) is 0 Å². The summed E-state index contributed by atoms with van der Waals surface area (Å²) in [6, 6.07) is 11.3. The van der Waals surface area contributed by atoms with Gasteiger partial charge >= 0.3 is 0 Å². The van der Waals surface area contributed by atoms with E-state index in [0.717, 1.165) is 12.1 Å². The molecule has 0 aliphatic rings. The Bertz CT molecular complexity index is 569. The van der Waals surface area contributed by atoms with E-state index >= 15 is 0 Å². The minimum Gasteiger partial charge on any atom is -0.354 e. The van der Waals surface area contributed by atoms with E-state index in [0.29, 0.717) is 6.54 Å². The number of amides is 1. The lowest BCUT2D eigenvalue weighted by molar-refractivity contribution is -0.126. The minimum absolute atomic E-state index is 0. The number of rotatable bonds is 6. The average molecular weight is 323 g/mol. The number of hydrogen-bond donors (Lipinski definition) is 2. The van der Waals surface area contributed by atoms with Crippen LogP contribution in [0.15, 0.2) is 48.8 Å². The summed E-state index contributed by atoms with van der Waals surface area (Å²) in [6.45, 7) is 5.13. The van der Waals surface area contributed by atoms with Crippen LogP contribution < -0.4 is 11.1 Å². The Balaban J connectivity index is 0.00000242. The maximum atomic E-state index is 12.3. The Morgan fingerprint density at radius 1 is 1.36 bits per heavy atom. The van der Waals surface area contributed by atoms with E-state index in [1.165, 1.54) is 0 Å². The van der Waals surface area contributed by atoms with Crippen molar-refractivity contribution in [3.05, 3.63) is 54.4 Å². The maximum absolute atomic E-state index is 12.3. The fourth-order valence-electron chi connectivity index (χ4n) is 2.16. The Morgan fingerprint density at radius 3 is 2.64 bits per heavy atom. The van der Waals surface area contributed by atoms with E-state index in [9.17, 15) is 4.79 Å². The zero-order chi connectivity index (χ0) is 15.3. The van der Waals surface area contributed by atoms with Gasteiger partial charge in [0.05, 0.1) is 0 Å². The molecule has 0 aliphatic carbocycles. The number of halogens is 1. The molecule has 22 heavy (non-hydrogen) atoms. The van der Waals surface area contributed by atoms with Gasteiger partial charge in [-0.05, 0) is 24.5 Å². The van der Waals surface area contributed by atoms with Crippen LogP contribution in [-0.2, 0) is 16.9 Å². The molecule has 3 N–H and O–H groups in total. The van der Waals surface area contributed by atoms with Crippen molar-refractivity contribution in [2.45, 2.75) is 25.9 Å². The predicted molar refractivity (Wildman–Crippen MR) is 89.6 cm³/mol.